The van der Waals surface area contributed by atoms with Gasteiger partial charge < -0.3 is 4.40 Å². The second kappa shape index (κ2) is 6.32. The highest BCUT2D eigenvalue weighted by molar-refractivity contribution is 6.29. The minimum Gasteiger partial charge on any atom is -0.307 e. The molecule has 33 heavy (non-hydrogen) atoms. The second-order valence-corrected chi connectivity index (χ2v) is 9.46. The van der Waals surface area contributed by atoms with Crippen LogP contribution in [0.4, 0.5) is 0 Å². The van der Waals surface area contributed by atoms with Crippen molar-refractivity contribution in [2.45, 2.75) is 20.8 Å². The fraction of sp³-hybridized carbons (Fsp3) is 0.129. The highest BCUT2D eigenvalue weighted by Crippen LogP contribution is 2.44. The Morgan fingerprint density at radius 3 is 2.21 bits per heavy atom. The first-order chi connectivity index (χ1) is 16.1. The maximum atomic E-state index is 2.53. The first-order valence-corrected chi connectivity index (χ1v) is 11.6. The molecule has 0 N–H and O–H groups in total. The molecule has 0 saturated heterocycles. The molecule has 0 unspecified atom stereocenters. The molecule has 0 amide bonds. The zero-order chi connectivity index (χ0) is 22.4. The fourth-order valence-corrected chi connectivity index (χ4v) is 6.06. The fourth-order valence-electron chi connectivity index (χ4n) is 6.06. The van der Waals surface area contributed by atoms with Gasteiger partial charge in [-0.2, -0.15) is 4.57 Å². The van der Waals surface area contributed by atoms with Crippen LogP contribution in [-0.4, -0.2) is 4.40 Å². The average Bonchev–Trinajstić information content (AvgIpc) is 3.17. The molecule has 4 aromatic carbocycles. The Morgan fingerprint density at radius 1 is 0.667 bits per heavy atom. The van der Waals surface area contributed by atoms with Crippen LogP contribution in [0, 0.1) is 20.8 Å². The van der Waals surface area contributed by atoms with E-state index in [-0.39, 0.29) is 0 Å². The van der Waals surface area contributed by atoms with E-state index in [4.69, 9.17) is 0 Å². The van der Waals surface area contributed by atoms with Crippen molar-refractivity contribution in [3.8, 4) is 11.1 Å². The number of para-hydroxylation sites is 1. The number of hydrogen-bond donors (Lipinski definition) is 0. The van der Waals surface area contributed by atoms with Crippen molar-refractivity contribution in [2.24, 2.45) is 7.05 Å². The van der Waals surface area contributed by atoms with E-state index in [9.17, 15) is 0 Å². The van der Waals surface area contributed by atoms with Gasteiger partial charge in [0.15, 0.2) is 6.20 Å². The maximum Gasteiger partial charge on any atom is 0.224 e. The van der Waals surface area contributed by atoms with Crippen molar-refractivity contribution in [3.63, 3.8) is 0 Å². The summed E-state index contributed by atoms with van der Waals surface area (Å²) in [4.78, 5) is 0. The summed E-state index contributed by atoms with van der Waals surface area (Å²) in [5.74, 6) is 0. The molecule has 3 aromatic heterocycles. The molecule has 0 atom stereocenters. The Hall–Kier alpha value is -3.91. The molecule has 2 nitrogen and oxygen atoms in total. The van der Waals surface area contributed by atoms with Crippen LogP contribution in [0.15, 0.2) is 79.0 Å². The van der Waals surface area contributed by atoms with Crippen molar-refractivity contribution in [1.82, 2.24) is 4.40 Å². The third-order valence-electron chi connectivity index (χ3n) is 7.59. The molecule has 0 saturated carbocycles. The molecule has 7 rings (SSSR count). The Morgan fingerprint density at radius 2 is 1.39 bits per heavy atom. The van der Waals surface area contributed by atoms with Crippen LogP contribution in [0.5, 0.6) is 0 Å². The third-order valence-corrected chi connectivity index (χ3v) is 7.59. The molecule has 0 fully saturated rings. The van der Waals surface area contributed by atoms with Crippen LogP contribution in [0.25, 0.3) is 60.1 Å². The average molecular weight is 426 g/mol. The number of aryl methyl sites for hydroxylation is 4. The number of pyridine rings is 2. The molecule has 0 bridgehead atoms. The lowest BCUT2D eigenvalue weighted by Gasteiger charge is -2.17. The lowest BCUT2D eigenvalue weighted by atomic mass is 9.92. The van der Waals surface area contributed by atoms with Crippen molar-refractivity contribution in [2.75, 3.05) is 0 Å². The molecule has 0 radical (unpaired) electrons. The SMILES string of the molecule is Cc1cc(C)c2c(c1C)c1c3c(ccc4c5ccccc5n2c43)c(-c2ccccc2)c[n+]1C. The standard InChI is InChI=1S/C31H25N2/c1-18-16-19(2)29-27(20(18)3)31-28-23(25(17-32(31)4)21-10-6-5-7-11-21)14-15-24-22-12-8-9-13-26(22)33(29)30(24)28/h5-17H,1-4H3/q+1. The summed E-state index contributed by atoms with van der Waals surface area (Å²) in [6.45, 7) is 6.78. The summed E-state index contributed by atoms with van der Waals surface area (Å²) >= 11 is 0. The van der Waals surface area contributed by atoms with Gasteiger partial charge in [0, 0.05) is 16.2 Å². The Bertz CT molecular complexity index is 1890. The Labute approximate surface area is 192 Å². The molecule has 0 spiro atoms. The lowest BCUT2D eigenvalue weighted by molar-refractivity contribution is -0.643. The molecule has 0 aliphatic rings. The first-order valence-electron chi connectivity index (χ1n) is 11.6. The van der Waals surface area contributed by atoms with Gasteiger partial charge in [0.05, 0.1) is 32.9 Å². The molecule has 7 aromatic rings. The zero-order valence-electron chi connectivity index (χ0n) is 19.4. The number of fused-ring (bicyclic) bond motifs is 6. The predicted molar refractivity (Wildman–Crippen MR) is 139 cm³/mol. The van der Waals surface area contributed by atoms with Gasteiger partial charge in [-0.15, -0.1) is 0 Å². The van der Waals surface area contributed by atoms with Crippen LogP contribution in [0.3, 0.4) is 0 Å². The van der Waals surface area contributed by atoms with E-state index >= 15 is 0 Å². The summed E-state index contributed by atoms with van der Waals surface area (Å²) in [5.41, 5.74) is 11.8. The molecule has 2 heteroatoms. The predicted octanol–water partition coefficient (Wildman–Crippen LogP) is 7.41. The van der Waals surface area contributed by atoms with Gasteiger partial charge in [-0.1, -0.05) is 66.7 Å². The summed E-state index contributed by atoms with van der Waals surface area (Å²) in [7, 11) is 2.21. The smallest absolute Gasteiger partial charge is 0.224 e. The van der Waals surface area contributed by atoms with Gasteiger partial charge in [-0.05, 0) is 49.1 Å². The van der Waals surface area contributed by atoms with Gasteiger partial charge in [-0.3, -0.25) is 0 Å². The van der Waals surface area contributed by atoms with Gasteiger partial charge in [0.25, 0.3) is 0 Å². The van der Waals surface area contributed by atoms with E-state index < -0.39 is 0 Å². The number of hydrogen-bond acceptors (Lipinski definition) is 0. The van der Waals surface area contributed by atoms with Crippen LogP contribution >= 0.6 is 0 Å². The van der Waals surface area contributed by atoms with Crippen molar-refractivity contribution < 1.29 is 4.57 Å². The first kappa shape index (κ1) is 18.6. The van der Waals surface area contributed by atoms with Gasteiger partial charge >= 0.3 is 0 Å². The Kier molecular flexibility index (Phi) is 3.57. The van der Waals surface area contributed by atoms with E-state index in [0.29, 0.717) is 0 Å². The zero-order valence-corrected chi connectivity index (χ0v) is 19.4. The maximum absolute atomic E-state index is 2.53. The quantitative estimate of drug-likeness (QED) is 0.147. The summed E-state index contributed by atoms with van der Waals surface area (Å²) in [5, 5.41) is 6.68. The van der Waals surface area contributed by atoms with Gasteiger partial charge in [0.2, 0.25) is 5.52 Å². The van der Waals surface area contributed by atoms with E-state index in [2.05, 4.69) is 116 Å². The molecule has 0 aliphatic carbocycles. The Balaban J connectivity index is 1.90. The second-order valence-electron chi connectivity index (χ2n) is 9.46. The van der Waals surface area contributed by atoms with Crippen LogP contribution in [0.1, 0.15) is 16.7 Å². The third kappa shape index (κ3) is 2.25. The van der Waals surface area contributed by atoms with Crippen LogP contribution < -0.4 is 4.57 Å². The van der Waals surface area contributed by atoms with E-state index in [1.54, 1.807) is 0 Å². The molecular formula is C31H25N2+. The number of nitrogens with zero attached hydrogens (tertiary/aromatic N) is 2. The minimum absolute atomic E-state index is 1.25. The summed E-state index contributed by atoms with van der Waals surface area (Å²) in [6, 6.07) is 26.6. The van der Waals surface area contributed by atoms with Gasteiger partial charge in [-0.25, -0.2) is 0 Å². The number of benzene rings is 4. The molecule has 158 valence electrons. The number of aromatic nitrogens is 2. The van der Waals surface area contributed by atoms with E-state index in [1.165, 1.54) is 76.8 Å². The molecule has 3 heterocycles. The largest absolute Gasteiger partial charge is 0.307 e. The summed E-state index contributed by atoms with van der Waals surface area (Å²) < 4.78 is 4.89. The summed E-state index contributed by atoms with van der Waals surface area (Å²) in [6.07, 6.45) is 2.32. The van der Waals surface area contributed by atoms with Crippen LogP contribution in [-0.2, 0) is 7.05 Å². The monoisotopic (exact) mass is 425 g/mol. The van der Waals surface area contributed by atoms with Crippen molar-refractivity contribution >= 4 is 49.0 Å². The van der Waals surface area contributed by atoms with Crippen molar-refractivity contribution in [3.05, 3.63) is 95.7 Å². The molecule has 0 aliphatic heterocycles. The van der Waals surface area contributed by atoms with E-state index in [0.717, 1.165) is 0 Å². The van der Waals surface area contributed by atoms with Crippen LogP contribution in [0.2, 0.25) is 0 Å². The number of rotatable bonds is 1. The normalized spacial score (nSPS) is 12.2. The molecular weight excluding hydrogens is 400 g/mol. The topological polar surface area (TPSA) is 8.29 Å². The van der Waals surface area contributed by atoms with Crippen molar-refractivity contribution in [1.29, 1.82) is 0 Å². The van der Waals surface area contributed by atoms with Gasteiger partial charge in [0.1, 0.15) is 7.05 Å². The highest BCUT2D eigenvalue weighted by Gasteiger charge is 2.27. The highest BCUT2D eigenvalue weighted by atomic mass is 15.0. The lowest BCUT2D eigenvalue weighted by Crippen LogP contribution is -2.30. The van der Waals surface area contributed by atoms with E-state index in [1.807, 2.05) is 0 Å². The minimum atomic E-state index is 1.25.